The Balaban J connectivity index is 1.10. The molecule has 0 fully saturated rings. The summed E-state index contributed by atoms with van der Waals surface area (Å²) < 4.78 is 30.4. The summed E-state index contributed by atoms with van der Waals surface area (Å²) in [6, 6.07) is 36.8. The Morgan fingerprint density at radius 1 is 0.792 bits per heavy atom. The van der Waals surface area contributed by atoms with E-state index < -0.39 is 10.1 Å². The van der Waals surface area contributed by atoms with Gasteiger partial charge in [0, 0.05) is 30.9 Å². The topological polar surface area (TPSA) is 117 Å². The van der Waals surface area contributed by atoms with E-state index in [-0.39, 0.29) is 30.0 Å². The van der Waals surface area contributed by atoms with Gasteiger partial charge in [0.1, 0.15) is 0 Å². The Labute approximate surface area is 280 Å². The Kier molecular flexibility index (Phi) is 9.84. The number of nitrogens with one attached hydrogen (secondary N) is 3. The van der Waals surface area contributed by atoms with Crippen LogP contribution in [-0.4, -0.2) is 40.1 Å². The maximum atomic E-state index is 13.4. The molecular weight excluding hydrogens is 625 g/mol. The fourth-order valence-corrected chi connectivity index (χ4v) is 6.42. The third kappa shape index (κ3) is 7.74. The summed E-state index contributed by atoms with van der Waals surface area (Å²) in [5, 5.41) is 9.18. The van der Waals surface area contributed by atoms with Gasteiger partial charge in [-0.2, -0.15) is 8.42 Å². The van der Waals surface area contributed by atoms with Gasteiger partial charge in [-0.3, -0.25) is 13.9 Å². The third-order valence-electron chi connectivity index (χ3n) is 8.13. The monoisotopic (exact) mass is 660 g/mol. The zero-order valence-corrected chi connectivity index (χ0v) is 27.3. The van der Waals surface area contributed by atoms with Crippen molar-refractivity contribution < 1.29 is 22.2 Å². The first-order valence-electron chi connectivity index (χ1n) is 15.7. The van der Waals surface area contributed by atoms with Crippen LogP contribution in [-0.2, 0) is 27.3 Å². The van der Waals surface area contributed by atoms with E-state index in [0.29, 0.717) is 30.0 Å². The summed E-state index contributed by atoms with van der Waals surface area (Å²) in [5.74, 6) is -0.314. The molecule has 9 nitrogen and oxygen atoms in total. The van der Waals surface area contributed by atoms with Gasteiger partial charge in [0.15, 0.2) is 0 Å². The Morgan fingerprint density at radius 3 is 2.29 bits per heavy atom. The first-order valence-corrected chi connectivity index (χ1v) is 17.1. The van der Waals surface area contributed by atoms with Crippen molar-refractivity contribution in [1.29, 1.82) is 0 Å². The summed E-state index contributed by atoms with van der Waals surface area (Å²) in [6.07, 6.45) is 0.836. The summed E-state index contributed by atoms with van der Waals surface area (Å²) in [7, 11) is -3.90. The number of aryl methyl sites for hydroxylation is 1. The molecule has 3 amide bonds. The minimum absolute atomic E-state index is 0.0963. The molecule has 0 bridgehead atoms. The standard InChI is InChI=1S/C38H36N4O5S/c1-27-11-18-33(19-12-27)48(45,46)47-24-22-39-34-20-17-32(29-7-3-2-4-8-29)25-35(34)41-37(43)31-15-13-28(14-16-31)26-40-38(44)42-23-21-30-9-5-6-10-36(30)42/h2-20,25,39H,21-24,26H2,1H3,(H,40,44)(H,41,43). The summed E-state index contributed by atoms with van der Waals surface area (Å²) in [5.41, 5.74) is 7.39. The molecule has 5 aromatic rings. The number of amides is 3. The molecule has 1 heterocycles. The molecule has 0 saturated heterocycles. The average molecular weight is 661 g/mol. The predicted octanol–water partition coefficient (Wildman–Crippen LogP) is 7.00. The predicted molar refractivity (Wildman–Crippen MR) is 189 cm³/mol. The average Bonchev–Trinajstić information content (AvgIpc) is 3.55. The van der Waals surface area contributed by atoms with Gasteiger partial charge in [-0.15, -0.1) is 0 Å². The molecule has 10 heteroatoms. The normalized spacial score (nSPS) is 12.3. The Hall–Kier alpha value is -5.45. The fraction of sp³-hybridized carbons (Fsp3) is 0.158. The van der Waals surface area contributed by atoms with Crippen molar-refractivity contribution in [3.63, 3.8) is 0 Å². The molecule has 5 aromatic carbocycles. The molecule has 0 radical (unpaired) electrons. The highest BCUT2D eigenvalue weighted by atomic mass is 32.2. The second-order valence-corrected chi connectivity index (χ2v) is 13.1. The van der Waals surface area contributed by atoms with Crippen LogP contribution >= 0.6 is 0 Å². The van der Waals surface area contributed by atoms with E-state index in [4.69, 9.17) is 4.18 Å². The minimum Gasteiger partial charge on any atom is -0.381 e. The summed E-state index contributed by atoms with van der Waals surface area (Å²) in [6.45, 7) is 2.93. The van der Waals surface area contributed by atoms with E-state index in [2.05, 4.69) is 16.0 Å². The highest BCUT2D eigenvalue weighted by Gasteiger charge is 2.24. The number of urea groups is 1. The zero-order valence-electron chi connectivity index (χ0n) is 26.5. The van der Waals surface area contributed by atoms with Crippen molar-refractivity contribution in [3.05, 3.63) is 144 Å². The lowest BCUT2D eigenvalue weighted by Gasteiger charge is -2.18. The smallest absolute Gasteiger partial charge is 0.322 e. The van der Waals surface area contributed by atoms with Gasteiger partial charge in [-0.25, -0.2) is 4.79 Å². The molecule has 0 spiro atoms. The number of hydrogen-bond acceptors (Lipinski definition) is 6. The SMILES string of the molecule is Cc1ccc(S(=O)(=O)OCCNc2ccc(-c3ccccc3)cc2NC(=O)c2ccc(CNC(=O)N3CCc4ccccc43)cc2)cc1. The molecule has 1 aliphatic rings. The second kappa shape index (κ2) is 14.5. The number of benzene rings is 5. The third-order valence-corrected chi connectivity index (χ3v) is 9.46. The number of hydrogen-bond donors (Lipinski definition) is 3. The molecule has 0 atom stereocenters. The van der Waals surface area contributed by atoms with Crippen molar-refractivity contribution in [2.24, 2.45) is 0 Å². The van der Waals surface area contributed by atoms with Gasteiger partial charge in [-0.1, -0.05) is 84.4 Å². The molecule has 6 rings (SSSR count). The van der Waals surface area contributed by atoms with E-state index in [1.54, 1.807) is 29.2 Å². The Morgan fingerprint density at radius 2 is 1.52 bits per heavy atom. The van der Waals surface area contributed by atoms with Crippen LogP contribution in [0.2, 0.25) is 0 Å². The van der Waals surface area contributed by atoms with Crippen molar-refractivity contribution in [2.75, 3.05) is 35.2 Å². The lowest BCUT2D eigenvalue weighted by Crippen LogP contribution is -2.38. The van der Waals surface area contributed by atoms with Gasteiger partial charge in [0.05, 0.1) is 22.9 Å². The minimum atomic E-state index is -3.90. The second-order valence-electron chi connectivity index (χ2n) is 11.5. The van der Waals surface area contributed by atoms with Crippen molar-refractivity contribution in [1.82, 2.24) is 5.32 Å². The van der Waals surface area contributed by atoms with Crippen LogP contribution in [0.3, 0.4) is 0 Å². The number of nitrogens with zero attached hydrogens (tertiary/aromatic N) is 1. The van der Waals surface area contributed by atoms with Gasteiger partial charge in [-0.05, 0) is 78.1 Å². The fourth-order valence-electron chi connectivity index (χ4n) is 5.51. The number of rotatable bonds is 11. The van der Waals surface area contributed by atoms with E-state index in [1.807, 2.05) is 91.9 Å². The largest absolute Gasteiger partial charge is 0.381 e. The first kappa shape index (κ1) is 32.5. The number of carbonyl (C=O) groups is 2. The van der Waals surface area contributed by atoms with E-state index in [1.165, 1.54) is 12.1 Å². The van der Waals surface area contributed by atoms with Crippen molar-refractivity contribution >= 4 is 39.1 Å². The van der Waals surface area contributed by atoms with Crippen molar-refractivity contribution in [3.8, 4) is 11.1 Å². The van der Waals surface area contributed by atoms with Gasteiger partial charge >= 0.3 is 6.03 Å². The maximum absolute atomic E-state index is 13.4. The van der Waals surface area contributed by atoms with Gasteiger partial charge < -0.3 is 16.0 Å². The van der Waals surface area contributed by atoms with Crippen LogP contribution in [0.1, 0.15) is 27.0 Å². The molecular formula is C38H36N4O5S. The molecule has 1 aliphatic heterocycles. The maximum Gasteiger partial charge on any atom is 0.322 e. The van der Waals surface area contributed by atoms with Crippen LogP contribution in [0, 0.1) is 6.92 Å². The first-order chi connectivity index (χ1) is 23.3. The van der Waals surface area contributed by atoms with E-state index in [0.717, 1.165) is 39.9 Å². The van der Waals surface area contributed by atoms with Gasteiger partial charge in [0.2, 0.25) is 0 Å². The van der Waals surface area contributed by atoms with E-state index in [9.17, 15) is 18.0 Å². The Bertz CT molecular complexity index is 2020. The van der Waals surface area contributed by atoms with E-state index >= 15 is 0 Å². The van der Waals surface area contributed by atoms with Crippen LogP contribution in [0.15, 0.2) is 126 Å². The summed E-state index contributed by atoms with van der Waals surface area (Å²) in [4.78, 5) is 28.1. The van der Waals surface area contributed by atoms with Gasteiger partial charge in [0.25, 0.3) is 16.0 Å². The lowest BCUT2D eigenvalue weighted by molar-refractivity contribution is 0.102. The number of fused-ring (bicyclic) bond motifs is 1. The molecule has 0 saturated carbocycles. The molecule has 3 N–H and O–H groups in total. The van der Waals surface area contributed by atoms with Crippen LogP contribution in [0.4, 0.5) is 21.9 Å². The highest BCUT2D eigenvalue weighted by Crippen LogP contribution is 2.30. The zero-order chi connectivity index (χ0) is 33.5. The molecule has 0 unspecified atom stereocenters. The quantitative estimate of drug-likeness (QED) is 0.104. The number of carbonyl (C=O) groups excluding carboxylic acids is 2. The van der Waals surface area contributed by atoms with Crippen LogP contribution in [0.5, 0.6) is 0 Å². The molecule has 48 heavy (non-hydrogen) atoms. The molecule has 0 aromatic heterocycles. The number of para-hydroxylation sites is 1. The molecule has 244 valence electrons. The van der Waals surface area contributed by atoms with Crippen LogP contribution in [0.25, 0.3) is 11.1 Å². The lowest BCUT2D eigenvalue weighted by atomic mass is 10.0. The molecule has 0 aliphatic carbocycles. The van der Waals surface area contributed by atoms with Crippen LogP contribution < -0.4 is 20.9 Å². The highest BCUT2D eigenvalue weighted by molar-refractivity contribution is 7.86. The van der Waals surface area contributed by atoms with Crippen molar-refractivity contribution in [2.45, 2.75) is 24.8 Å². The summed E-state index contributed by atoms with van der Waals surface area (Å²) >= 11 is 0. The number of anilines is 3.